The van der Waals surface area contributed by atoms with Crippen molar-refractivity contribution < 1.29 is 0 Å². The van der Waals surface area contributed by atoms with Crippen LogP contribution in [0.4, 0.5) is 0 Å². The minimum atomic E-state index is 0.257. The highest BCUT2D eigenvalue weighted by atomic mass is 35.5. The third-order valence-corrected chi connectivity index (χ3v) is 2.60. The maximum atomic E-state index is 5.86. The van der Waals surface area contributed by atoms with Gasteiger partial charge in [0.15, 0.2) is 0 Å². The Bertz CT molecular complexity index is 321. The van der Waals surface area contributed by atoms with Gasteiger partial charge in [-0.15, -0.1) is 0 Å². The van der Waals surface area contributed by atoms with Crippen LogP contribution < -0.4 is 0 Å². The third-order valence-electron chi connectivity index (χ3n) is 2.06. The Labute approximate surface area is 80.9 Å². The predicted octanol–water partition coefficient (Wildman–Crippen LogP) is 2.97. The Morgan fingerprint density at radius 2 is 1.92 bits per heavy atom. The van der Waals surface area contributed by atoms with Crippen LogP contribution in [-0.4, -0.2) is 9.97 Å². The van der Waals surface area contributed by atoms with Crippen molar-refractivity contribution in [1.82, 2.24) is 9.97 Å². The van der Waals surface area contributed by atoms with Gasteiger partial charge in [0.2, 0.25) is 5.28 Å². The van der Waals surface area contributed by atoms with E-state index in [0.717, 1.165) is 11.3 Å². The van der Waals surface area contributed by atoms with E-state index < -0.39 is 0 Å². The molecule has 0 atom stereocenters. The Balaban J connectivity index is 2.51. The van der Waals surface area contributed by atoms with E-state index in [0.29, 0.717) is 11.1 Å². The second kappa shape index (κ2) is 2.86. The van der Waals surface area contributed by atoms with E-state index >= 15 is 0 Å². The van der Waals surface area contributed by atoms with E-state index in [9.17, 15) is 0 Å². The highest BCUT2D eigenvalue weighted by molar-refractivity contribution is 6.32. The summed E-state index contributed by atoms with van der Waals surface area (Å²) in [7, 11) is 0. The molecule has 2 rings (SSSR count). The molecule has 1 aromatic heterocycles. The molecule has 0 radical (unpaired) electrons. The largest absolute Gasteiger partial charge is 0.224 e. The van der Waals surface area contributed by atoms with Crippen molar-refractivity contribution in [3.05, 3.63) is 21.7 Å². The van der Waals surface area contributed by atoms with Crippen LogP contribution in [0.5, 0.6) is 0 Å². The average Bonchev–Trinajstić information content (AvgIpc) is 2.79. The van der Waals surface area contributed by atoms with Gasteiger partial charge in [0.25, 0.3) is 0 Å². The summed E-state index contributed by atoms with van der Waals surface area (Å²) in [6.45, 7) is 1.94. The summed E-state index contributed by atoms with van der Waals surface area (Å²) in [5, 5.41) is 0.740. The standard InChI is InChI=1S/C8H8Cl2N2/c1-4-6(5-2-3-5)11-8(10)12-7(4)9/h5H,2-3H2,1H3. The molecule has 0 saturated heterocycles. The lowest BCUT2D eigenvalue weighted by Crippen LogP contribution is -1.96. The lowest BCUT2D eigenvalue weighted by molar-refractivity contribution is 0.960. The molecule has 0 spiro atoms. The first-order valence-corrected chi connectivity index (χ1v) is 4.63. The summed E-state index contributed by atoms with van der Waals surface area (Å²) >= 11 is 11.5. The number of halogens is 2. The fraction of sp³-hybridized carbons (Fsp3) is 0.500. The molecule has 0 N–H and O–H groups in total. The van der Waals surface area contributed by atoms with E-state index in [1.165, 1.54) is 12.8 Å². The summed E-state index contributed by atoms with van der Waals surface area (Å²) in [6.07, 6.45) is 2.40. The molecule has 1 fully saturated rings. The number of nitrogens with zero attached hydrogens (tertiary/aromatic N) is 2. The molecule has 0 bridgehead atoms. The average molecular weight is 203 g/mol. The van der Waals surface area contributed by atoms with Crippen molar-refractivity contribution in [1.29, 1.82) is 0 Å². The van der Waals surface area contributed by atoms with Crippen LogP contribution in [-0.2, 0) is 0 Å². The van der Waals surface area contributed by atoms with Crippen LogP contribution in [0.25, 0.3) is 0 Å². The molecule has 0 aliphatic heterocycles. The highest BCUT2D eigenvalue weighted by Crippen LogP contribution is 2.41. The van der Waals surface area contributed by atoms with Gasteiger partial charge in [0, 0.05) is 11.5 Å². The van der Waals surface area contributed by atoms with E-state index in [1.807, 2.05) is 6.92 Å². The molecule has 1 aliphatic rings. The first kappa shape index (κ1) is 8.27. The van der Waals surface area contributed by atoms with Crippen LogP contribution >= 0.6 is 23.2 Å². The molecule has 1 heterocycles. The normalized spacial score (nSPS) is 16.6. The van der Waals surface area contributed by atoms with Crippen molar-refractivity contribution in [2.45, 2.75) is 25.7 Å². The maximum absolute atomic E-state index is 5.86. The fourth-order valence-electron chi connectivity index (χ4n) is 1.23. The molecule has 4 heteroatoms. The first-order chi connectivity index (χ1) is 5.68. The smallest absolute Gasteiger partial charge is 0.222 e. The van der Waals surface area contributed by atoms with E-state index in [-0.39, 0.29) is 5.28 Å². The van der Waals surface area contributed by atoms with Crippen molar-refractivity contribution >= 4 is 23.2 Å². The van der Waals surface area contributed by atoms with Crippen LogP contribution in [0.2, 0.25) is 10.4 Å². The van der Waals surface area contributed by atoms with Crippen molar-refractivity contribution in [2.75, 3.05) is 0 Å². The third kappa shape index (κ3) is 1.41. The Kier molecular flexibility index (Phi) is 1.97. The quantitative estimate of drug-likeness (QED) is 0.517. The predicted molar refractivity (Wildman–Crippen MR) is 48.8 cm³/mol. The van der Waals surface area contributed by atoms with Crippen LogP contribution in [0, 0.1) is 6.92 Å². The summed E-state index contributed by atoms with van der Waals surface area (Å²) < 4.78 is 0. The molecule has 64 valence electrons. The van der Waals surface area contributed by atoms with Crippen LogP contribution in [0.1, 0.15) is 30.0 Å². The van der Waals surface area contributed by atoms with Gasteiger partial charge in [-0.1, -0.05) is 11.6 Å². The number of hydrogen-bond donors (Lipinski definition) is 0. The van der Waals surface area contributed by atoms with Crippen LogP contribution in [0.15, 0.2) is 0 Å². The monoisotopic (exact) mass is 202 g/mol. The summed E-state index contributed by atoms with van der Waals surface area (Å²) in [5.41, 5.74) is 2.00. The van der Waals surface area contributed by atoms with Crippen molar-refractivity contribution in [3.8, 4) is 0 Å². The molecule has 1 saturated carbocycles. The second-order valence-corrected chi connectivity index (χ2v) is 3.76. The topological polar surface area (TPSA) is 25.8 Å². The molecule has 2 nitrogen and oxygen atoms in total. The van der Waals surface area contributed by atoms with Crippen molar-refractivity contribution in [2.24, 2.45) is 0 Å². The SMILES string of the molecule is Cc1c(Cl)nc(Cl)nc1C1CC1. The summed E-state index contributed by atoms with van der Waals surface area (Å²) in [6, 6.07) is 0. The maximum Gasteiger partial charge on any atom is 0.224 e. The lowest BCUT2D eigenvalue weighted by atomic mass is 10.2. The summed E-state index contributed by atoms with van der Waals surface area (Å²) in [5.74, 6) is 0.572. The van der Waals surface area contributed by atoms with Gasteiger partial charge >= 0.3 is 0 Å². The molecule has 1 aromatic rings. The van der Waals surface area contributed by atoms with E-state index in [1.54, 1.807) is 0 Å². The lowest BCUT2D eigenvalue weighted by Gasteiger charge is -2.03. The molecule has 12 heavy (non-hydrogen) atoms. The molecule has 0 aromatic carbocycles. The van der Waals surface area contributed by atoms with E-state index in [2.05, 4.69) is 9.97 Å². The Morgan fingerprint density at radius 1 is 1.25 bits per heavy atom. The Hall–Kier alpha value is -0.340. The van der Waals surface area contributed by atoms with Crippen LogP contribution in [0.3, 0.4) is 0 Å². The molecular weight excluding hydrogens is 195 g/mol. The highest BCUT2D eigenvalue weighted by Gasteiger charge is 2.28. The van der Waals surface area contributed by atoms with Gasteiger partial charge in [-0.2, -0.15) is 0 Å². The molecule has 0 amide bonds. The minimum Gasteiger partial charge on any atom is -0.222 e. The van der Waals surface area contributed by atoms with E-state index in [4.69, 9.17) is 23.2 Å². The first-order valence-electron chi connectivity index (χ1n) is 3.88. The number of aromatic nitrogens is 2. The van der Waals surface area contributed by atoms with Gasteiger partial charge in [-0.05, 0) is 31.4 Å². The fourth-order valence-corrected chi connectivity index (χ4v) is 1.63. The van der Waals surface area contributed by atoms with Crippen molar-refractivity contribution in [3.63, 3.8) is 0 Å². The summed E-state index contributed by atoms with van der Waals surface area (Å²) in [4.78, 5) is 8.03. The minimum absolute atomic E-state index is 0.257. The second-order valence-electron chi connectivity index (χ2n) is 3.07. The van der Waals surface area contributed by atoms with Gasteiger partial charge < -0.3 is 0 Å². The van der Waals surface area contributed by atoms with Gasteiger partial charge in [0.05, 0.1) is 5.69 Å². The zero-order valence-corrected chi connectivity index (χ0v) is 8.15. The van der Waals surface area contributed by atoms with Gasteiger partial charge in [-0.25, -0.2) is 9.97 Å². The zero-order valence-electron chi connectivity index (χ0n) is 6.64. The van der Waals surface area contributed by atoms with Gasteiger partial charge in [0.1, 0.15) is 5.15 Å². The molecule has 1 aliphatic carbocycles. The zero-order chi connectivity index (χ0) is 8.72. The number of hydrogen-bond acceptors (Lipinski definition) is 2. The number of rotatable bonds is 1. The molecule has 0 unspecified atom stereocenters. The molecular formula is C8H8Cl2N2. The van der Waals surface area contributed by atoms with Gasteiger partial charge in [-0.3, -0.25) is 0 Å². The Morgan fingerprint density at radius 3 is 2.50 bits per heavy atom.